The number of hydrogen-bond donors (Lipinski definition) is 0. The van der Waals surface area contributed by atoms with Crippen LogP contribution in [0, 0.1) is 0 Å². The lowest BCUT2D eigenvalue weighted by Gasteiger charge is -2.65. The molecule has 39 heavy (non-hydrogen) atoms. The predicted molar refractivity (Wildman–Crippen MR) is 144 cm³/mol. The van der Waals surface area contributed by atoms with Crippen molar-refractivity contribution < 1.29 is 28.6 Å². The van der Waals surface area contributed by atoms with Crippen molar-refractivity contribution in [2.45, 2.75) is 68.7 Å². The molecule has 2 aliphatic heterocycles. The molecule has 4 aliphatic rings. The van der Waals surface area contributed by atoms with Gasteiger partial charge in [-0.2, -0.15) is 0 Å². The fourth-order valence-corrected chi connectivity index (χ4v) is 7.79. The molecule has 8 heteroatoms. The van der Waals surface area contributed by atoms with E-state index in [2.05, 4.69) is 11.9 Å². The van der Waals surface area contributed by atoms with E-state index >= 15 is 0 Å². The number of ether oxygens (including phenoxy) is 3. The standard InChI is InChI=1S/C31H34N2O6/c1-19(34)37-24-12-11-22-18-25-31(39-20(2)35)15-14-23(33(4)26(36)13-10-21-8-6-5-7-9-21)29-30(31,16-17-32(25)3)27(22)28(24)38-29/h5-13,23,25,29H,14-18H2,1-4H3/t23-,25+,29-,30-,31+/m0/s1. The Labute approximate surface area is 228 Å². The Kier molecular flexibility index (Phi) is 6.06. The topological polar surface area (TPSA) is 85.4 Å². The van der Waals surface area contributed by atoms with Gasteiger partial charge in [-0.05, 0) is 62.5 Å². The maximum Gasteiger partial charge on any atom is 0.308 e. The van der Waals surface area contributed by atoms with Crippen molar-refractivity contribution in [2.75, 3.05) is 20.6 Å². The van der Waals surface area contributed by atoms with E-state index in [4.69, 9.17) is 14.2 Å². The Morgan fingerprint density at radius 3 is 2.56 bits per heavy atom. The molecule has 8 nitrogen and oxygen atoms in total. The summed E-state index contributed by atoms with van der Waals surface area (Å²) in [6, 6.07) is 13.2. The zero-order valence-electron chi connectivity index (χ0n) is 22.8. The highest BCUT2D eigenvalue weighted by Gasteiger charge is 2.75. The number of carbonyl (C=O) groups is 3. The molecule has 2 aromatic carbocycles. The van der Waals surface area contributed by atoms with E-state index in [1.807, 2.05) is 49.5 Å². The van der Waals surface area contributed by atoms with Crippen LogP contribution in [0.25, 0.3) is 6.08 Å². The van der Waals surface area contributed by atoms with Gasteiger partial charge in [-0.25, -0.2) is 0 Å². The molecule has 6 rings (SSSR count). The number of amides is 1. The van der Waals surface area contributed by atoms with Gasteiger partial charge in [-0.1, -0.05) is 36.4 Å². The second-order valence-electron chi connectivity index (χ2n) is 11.3. The maximum absolute atomic E-state index is 13.5. The van der Waals surface area contributed by atoms with E-state index in [0.717, 1.165) is 23.2 Å². The number of likely N-dealkylation sites (N-methyl/N-ethyl adjacent to an activating group) is 2. The number of benzene rings is 2. The third kappa shape index (κ3) is 3.72. The molecule has 1 saturated heterocycles. The van der Waals surface area contributed by atoms with E-state index in [0.29, 0.717) is 37.2 Å². The lowest BCUT2D eigenvalue weighted by molar-refractivity contribution is -0.220. The van der Waals surface area contributed by atoms with Crippen LogP contribution in [-0.4, -0.2) is 72.1 Å². The second-order valence-corrected chi connectivity index (χ2v) is 11.3. The van der Waals surface area contributed by atoms with Crippen molar-refractivity contribution in [1.29, 1.82) is 0 Å². The first-order valence-corrected chi connectivity index (χ1v) is 13.6. The summed E-state index contributed by atoms with van der Waals surface area (Å²) in [5.74, 6) is 0.0340. The minimum absolute atomic E-state index is 0.0285. The number of esters is 2. The molecule has 1 spiro atoms. The fourth-order valence-electron chi connectivity index (χ4n) is 7.79. The zero-order chi connectivity index (χ0) is 27.5. The molecule has 2 aromatic rings. The number of hydrogen-bond acceptors (Lipinski definition) is 7. The van der Waals surface area contributed by atoms with Gasteiger partial charge in [0.25, 0.3) is 0 Å². The van der Waals surface area contributed by atoms with Crippen LogP contribution >= 0.6 is 0 Å². The highest BCUT2D eigenvalue weighted by atomic mass is 16.6. The molecule has 2 aliphatic carbocycles. The molecular weight excluding hydrogens is 496 g/mol. The van der Waals surface area contributed by atoms with Crippen LogP contribution in [-0.2, 0) is 31.0 Å². The molecule has 0 N–H and O–H groups in total. The smallest absolute Gasteiger partial charge is 0.308 e. The summed E-state index contributed by atoms with van der Waals surface area (Å²) >= 11 is 0. The summed E-state index contributed by atoms with van der Waals surface area (Å²) in [5, 5.41) is 0. The fraction of sp³-hybridized carbons (Fsp3) is 0.452. The van der Waals surface area contributed by atoms with Gasteiger partial charge in [0.15, 0.2) is 11.5 Å². The van der Waals surface area contributed by atoms with Gasteiger partial charge in [0, 0.05) is 32.5 Å². The Hall–Kier alpha value is -3.65. The van der Waals surface area contributed by atoms with Crippen molar-refractivity contribution in [3.05, 3.63) is 65.2 Å². The quantitative estimate of drug-likeness (QED) is 0.332. The summed E-state index contributed by atoms with van der Waals surface area (Å²) in [7, 11) is 3.90. The Bertz CT molecular complexity index is 1370. The molecule has 0 radical (unpaired) electrons. The first-order valence-electron chi connectivity index (χ1n) is 13.6. The summed E-state index contributed by atoms with van der Waals surface area (Å²) in [6.45, 7) is 3.63. The van der Waals surface area contributed by atoms with Gasteiger partial charge in [0.05, 0.1) is 17.5 Å². The molecule has 1 amide bonds. The first-order chi connectivity index (χ1) is 18.7. The van der Waals surface area contributed by atoms with Gasteiger partial charge in [0.1, 0.15) is 11.7 Å². The third-order valence-electron chi connectivity index (χ3n) is 9.29. The number of piperidine rings is 1. The van der Waals surface area contributed by atoms with Crippen LogP contribution in [0.1, 0.15) is 49.8 Å². The summed E-state index contributed by atoms with van der Waals surface area (Å²) in [4.78, 5) is 42.2. The van der Waals surface area contributed by atoms with E-state index in [1.54, 1.807) is 17.0 Å². The first kappa shape index (κ1) is 25.6. The molecule has 2 heterocycles. The molecule has 0 aromatic heterocycles. The zero-order valence-corrected chi connectivity index (χ0v) is 22.8. The van der Waals surface area contributed by atoms with Gasteiger partial charge < -0.3 is 19.1 Å². The minimum atomic E-state index is -0.816. The summed E-state index contributed by atoms with van der Waals surface area (Å²) in [6.07, 6.45) is 5.55. The van der Waals surface area contributed by atoms with Crippen molar-refractivity contribution in [2.24, 2.45) is 0 Å². The van der Waals surface area contributed by atoms with Crippen LogP contribution in [0.5, 0.6) is 11.5 Å². The van der Waals surface area contributed by atoms with Crippen LogP contribution in [0.3, 0.4) is 0 Å². The van der Waals surface area contributed by atoms with Crippen LogP contribution in [0.4, 0.5) is 0 Å². The molecule has 1 saturated carbocycles. The summed E-state index contributed by atoms with van der Waals surface area (Å²) < 4.78 is 18.8. The van der Waals surface area contributed by atoms with Crippen molar-refractivity contribution >= 4 is 23.9 Å². The van der Waals surface area contributed by atoms with Crippen molar-refractivity contribution in [3.8, 4) is 11.5 Å². The Morgan fingerprint density at radius 2 is 1.85 bits per heavy atom. The number of likely N-dealkylation sites (tertiary alicyclic amines) is 1. The minimum Gasteiger partial charge on any atom is -0.483 e. The SMILES string of the molecule is CC(=O)Oc1ccc2c3c1O[C@H]1[C@@H](N(C)C(=O)C=Cc4ccccc4)CC[C@@]4(OC(C)=O)[C@@H](C2)N(C)CC[C@]314. The second kappa shape index (κ2) is 9.23. The van der Waals surface area contributed by atoms with Gasteiger partial charge in [-0.3, -0.25) is 19.3 Å². The van der Waals surface area contributed by atoms with Gasteiger partial charge >= 0.3 is 11.9 Å². The molecule has 204 valence electrons. The Balaban J connectivity index is 1.46. The number of carbonyl (C=O) groups excluding carboxylic acids is 3. The monoisotopic (exact) mass is 530 g/mol. The van der Waals surface area contributed by atoms with E-state index in [1.165, 1.54) is 13.8 Å². The highest BCUT2D eigenvalue weighted by Crippen LogP contribution is 2.67. The maximum atomic E-state index is 13.5. The van der Waals surface area contributed by atoms with E-state index < -0.39 is 23.1 Å². The van der Waals surface area contributed by atoms with Crippen LogP contribution in [0.15, 0.2) is 48.5 Å². The number of rotatable bonds is 5. The van der Waals surface area contributed by atoms with Crippen molar-refractivity contribution in [3.63, 3.8) is 0 Å². The molecule has 0 unspecified atom stereocenters. The molecule has 2 fully saturated rings. The normalized spacial score (nSPS) is 30.3. The number of nitrogens with zero attached hydrogens (tertiary/aromatic N) is 2. The molecular formula is C31H34N2O6. The van der Waals surface area contributed by atoms with Gasteiger partial charge in [0.2, 0.25) is 5.91 Å². The average molecular weight is 531 g/mol. The average Bonchev–Trinajstić information content (AvgIpc) is 3.26. The summed E-state index contributed by atoms with van der Waals surface area (Å²) in [5.41, 5.74) is 1.55. The van der Waals surface area contributed by atoms with Crippen LogP contribution in [0.2, 0.25) is 0 Å². The highest BCUT2D eigenvalue weighted by molar-refractivity contribution is 5.92. The van der Waals surface area contributed by atoms with Crippen molar-refractivity contribution in [1.82, 2.24) is 9.80 Å². The van der Waals surface area contributed by atoms with Crippen LogP contribution < -0.4 is 9.47 Å². The lowest BCUT2D eigenvalue weighted by atomic mass is 9.48. The van der Waals surface area contributed by atoms with E-state index in [9.17, 15) is 14.4 Å². The molecule has 5 atom stereocenters. The third-order valence-corrected chi connectivity index (χ3v) is 9.29. The van der Waals surface area contributed by atoms with E-state index in [-0.39, 0.29) is 24.0 Å². The Morgan fingerprint density at radius 1 is 1.08 bits per heavy atom. The largest absolute Gasteiger partial charge is 0.483 e. The molecule has 2 bridgehead atoms. The predicted octanol–water partition coefficient (Wildman–Crippen LogP) is 3.51. The lowest BCUT2D eigenvalue weighted by Crippen LogP contribution is -2.78. The van der Waals surface area contributed by atoms with Gasteiger partial charge in [-0.15, -0.1) is 0 Å².